The summed E-state index contributed by atoms with van der Waals surface area (Å²) in [5, 5.41) is 25.8. The number of likely N-dealkylation sites (N-methyl/N-ethyl adjacent to an activating group) is 1. The maximum absolute atomic E-state index is 13.4. The molecule has 2 aromatic heterocycles. The minimum absolute atomic E-state index is 0.0143. The van der Waals surface area contributed by atoms with Crippen molar-refractivity contribution in [3.05, 3.63) is 46.8 Å². The van der Waals surface area contributed by atoms with Gasteiger partial charge in [-0.3, -0.25) is 4.79 Å². The second-order valence-electron chi connectivity index (χ2n) is 13.1. The van der Waals surface area contributed by atoms with Crippen LogP contribution >= 0.6 is 11.3 Å². The van der Waals surface area contributed by atoms with Crippen molar-refractivity contribution in [1.82, 2.24) is 19.7 Å². The molecule has 49 heavy (non-hydrogen) atoms. The number of nitrogens with zero attached hydrogens (tertiary/aromatic N) is 8. The Morgan fingerprint density at radius 2 is 1.59 bits per heavy atom. The first-order valence-corrected chi connectivity index (χ1v) is 18.9. The average molecular weight is 687 g/mol. The van der Waals surface area contributed by atoms with E-state index in [2.05, 4.69) is 75.0 Å². The number of allylic oxidation sites excluding steroid dienone is 2. The monoisotopic (exact) mass is 686 g/mol. The zero-order valence-electron chi connectivity index (χ0n) is 30.5. The average Bonchev–Trinajstić information content (AvgIpc) is 3.74. The molecule has 1 aliphatic heterocycles. The topological polar surface area (TPSA) is 124 Å². The lowest BCUT2D eigenvalue weighted by molar-refractivity contribution is 0.0942. The molecule has 0 aliphatic carbocycles. The Hall–Kier alpha value is -3.88. The van der Waals surface area contributed by atoms with E-state index in [0.29, 0.717) is 47.2 Å². The lowest BCUT2D eigenvalue weighted by Crippen LogP contribution is -2.34. The summed E-state index contributed by atoms with van der Waals surface area (Å²) in [7, 11) is 0. The van der Waals surface area contributed by atoms with E-state index in [1.165, 1.54) is 43.2 Å². The number of nitriles is 1. The SMILES string of the molecule is CCCCC(CC)CN(CC(CC)CCCC)c1nc(-c2ccc(C)cc2)c(/N=C2/C(C)=C(C#N)C(=O)n3nc(N(CC)CCO)nc32)s1. The van der Waals surface area contributed by atoms with Crippen LogP contribution in [0.25, 0.3) is 11.3 Å². The number of carbonyl (C=O) groups is 1. The second kappa shape index (κ2) is 18.2. The van der Waals surface area contributed by atoms with Crippen LogP contribution in [0, 0.1) is 30.1 Å². The van der Waals surface area contributed by atoms with Gasteiger partial charge in [-0.25, -0.2) is 9.98 Å². The number of thiazole rings is 1. The van der Waals surface area contributed by atoms with Gasteiger partial charge in [-0.2, -0.15) is 14.9 Å². The number of hydrogen-bond acceptors (Lipinski definition) is 10. The van der Waals surface area contributed by atoms with Gasteiger partial charge in [0, 0.05) is 37.3 Å². The lowest BCUT2D eigenvalue weighted by atomic mass is 9.96. The number of aliphatic hydroxyl groups is 1. The number of aliphatic hydroxyl groups excluding tert-OH is 1. The van der Waals surface area contributed by atoms with E-state index < -0.39 is 5.91 Å². The Labute approximate surface area is 296 Å². The van der Waals surface area contributed by atoms with Crippen LogP contribution in [0.5, 0.6) is 0 Å². The second-order valence-corrected chi connectivity index (χ2v) is 14.0. The third kappa shape index (κ3) is 9.03. The number of aromatic nitrogens is 4. The summed E-state index contributed by atoms with van der Waals surface area (Å²) >= 11 is 1.56. The molecule has 1 aliphatic rings. The molecular weight excluding hydrogens is 633 g/mol. The van der Waals surface area contributed by atoms with Crippen LogP contribution in [0.3, 0.4) is 0 Å². The summed E-state index contributed by atoms with van der Waals surface area (Å²) in [6, 6.07) is 10.4. The molecule has 11 heteroatoms. The van der Waals surface area contributed by atoms with E-state index in [9.17, 15) is 15.2 Å². The highest BCUT2D eigenvalue weighted by atomic mass is 32.1. The predicted octanol–water partition coefficient (Wildman–Crippen LogP) is 8.38. The van der Waals surface area contributed by atoms with Crippen LogP contribution < -0.4 is 9.80 Å². The van der Waals surface area contributed by atoms with Gasteiger partial charge >= 0.3 is 0 Å². The van der Waals surface area contributed by atoms with Gasteiger partial charge in [-0.1, -0.05) is 107 Å². The van der Waals surface area contributed by atoms with E-state index in [4.69, 9.17) is 15.0 Å². The van der Waals surface area contributed by atoms with Crippen molar-refractivity contribution >= 4 is 39.0 Å². The Morgan fingerprint density at radius 3 is 2.12 bits per heavy atom. The first-order chi connectivity index (χ1) is 23.7. The normalized spacial score (nSPS) is 15.0. The van der Waals surface area contributed by atoms with Gasteiger partial charge in [0.2, 0.25) is 5.95 Å². The third-order valence-corrected chi connectivity index (χ3v) is 10.6. The molecule has 3 heterocycles. The number of fused-ring (bicyclic) bond motifs is 1. The zero-order valence-corrected chi connectivity index (χ0v) is 31.3. The quantitative estimate of drug-likeness (QED) is 0.133. The molecule has 2 atom stereocenters. The van der Waals surface area contributed by atoms with Gasteiger partial charge < -0.3 is 14.9 Å². The van der Waals surface area contributed by atoms with Crippen molar-refractivity contribution in [3.63, 3.8) is 0 Å². The van der Waals surface area contributed by atoms with Crippen molar-refractivity contribution in [2.45, 2.75) is 99.8 Å². The summed E-state index contributed by atoms with van der Waals surface area (Å²) in [6.45, 7) is 17.5. The van der Waals surface area contributed by atoms with Gasteiger partial charge in [0.25, 0.3) is 5.91 Å². The zero-order chi connectivity index (χ0) is 35.5. The fourth-order valence-electron chi connectivity index (χ4n) is 6.27. The van der Waals surface area contributed by atoms with Crippen molar-refractivity contribution in [2.75, 3.05) is 42.6 Å². The number of aliphatic imine (C=N–C) groups is 1. The van der Waals surface area contributed by atoms with Crippen LogP contribution in [0.15, 0.2) is 40.4 Å². The first-order valence-electron chi connectivity index (χ1n) is 18.1. The molecular formula is C38H54N8O2S. The number of hydrogen-bond donors (Lipinski definition) is 1. The molecule has 0 saturated heterocycles. The predicted molar refractivity (Wildman–Crippen MR) is 201 cm³/mol. The lowest BCUT2D eigenvalue weighted by Gasteiger charge is -2.30. The molecule has 10 nitrogen and oxygen atoms in total. The molecule has 1 aromatic carbocycles. The standard InChI is InChI=1S/C38H54N8O2S/c1-8-13-15-28(10-3)24-45(25-29(11-4)16-14-9-2)38-41-33(30-19-17-26(6)18-20-30)35(49-38)40-32-27(7)31(23-39)36(48)46-34(32)42-37(43-46)44(12-5)21-22-47/h17-20,28-29,47H,8-16,21-22,24-25H2,1-7H3/b40-32-. The summed E-state index contributed by atoms with van der Waals surface area (Å²) < 4.78 is 1.18. The van der Waals surface area contributed by atoms with Crippen LogP contribution in [-0.4, -0.2) is 69.3 Å². The van der Waals surface area contributed by atoms with E-state index in [-0.39, 0.29) is 18.0 Å². The van der Waals surface area contributed by atoms with Crippen LogP contribution in [0.1, 0.15) is 109 Å². The minimum atomic E-state index is -0.530. The molecule has 1 N–H and O–H groups in total. The number of anilines is 2. The largest absolute Gasteiger partial charge is 0.395 e. The Kier molecular flexibility index (Phi) is 14.1. The molecule has 0 radical (unpaired) electrons. The summed E-state index contributed by atoms with van der Waals surface area (Å²) in [5.74, 6) is 1.19. The van der Waals surface area contributed by atoms with Gasteiger partial charge in [0.1, 0.15) is 28.0 Å². The highest BCUT2D eigenvalue weighted by Crippen LogP contribution is 2.42. The number of benzene rings is 1. The van der Waals surface area contributed by atoms with Gasteiger partial charge in [0.05, 0.1) is 6.61 Å². The summed E-state index contributed by atoms with van der Waals surface area (Å²) in [5.41, 5.74) is 3.75. The summed E-state index contributed by atoms with van der Waals surface area (Å²) in [4.78, 5) is 33.0. The van der Waals surface area contributed by atoms with Crippen LogP contribution in [0.4, 0.5) is 16.1 Å². The first kappa shape index (κ1) is 37.9. The van der Waals surface area contributed by atoms with Crippen LogP contribution in [0.2, 0.25) is 0 Å². The van der Waals surface area contributed by atoms with Crippen molar-refractivity contribution in [2.24, 2.45) is 16.8 Å². The van der Waals surface area contributed by atoms with Gasteiger partial charge in [-0.05, 0) is 45.4 Å². The fraction of sp³-hybridized carbons (Fsp3) is 0.579. The molecule has 0 amide bonds. The molecule has 4 rings (SSSR count). The van der Waals surface area contributed by atoms with E-state index in [1.54, 1.807) is 23.2 Å². The van der Waals surface area contributed by atoms with Crippen molar-refractivity contribution < 1.29 is 9.90 Å². The van der Waals surface area contributed by atoms with Crippen molar-refractivity contribution in [1.29, 1.82) is 5.26 Å². The fourth-order valence-corrected chi connectivity index (χ4v) is 7.26. The molecule has 0 bridgehead atoms. The number of aryl methyl sites for hydroxylation is 1. The maximum Gasteiger partial charge on any atom is 0.291 e. The van der Waals surface area contributed by atoms with Crippen molar-refractivity contribution in [3.8, 4) is 17.3 Å². The number of unbranched alkanes of at least 4 members (excludes halogenated alkanes) is 2. The van der Waals surface area contributed by atoms with E-state index in [0.717, 1.165) is 47.9 Å². The smallest absolute Gasteiger partial charge is 0.291 e. The summed E-state index contributed by atoms with van der Waals surface area (Å²) in [6.07, 6.45) is 9.42. The molecule has 3 aromatic rings. The van der Waals surface area contributed by atoms with Crippen LogP contribution in [-0.2, 0) is 0 Å². The van der Waals surface area contributed by atoms with E-state index in [1.807, 2.05) is 6.92 Å². The highest BCUT2D eigenvalue weighted by Gasteiger charge is 2.34. The third-order valence-electron chi connectivity index (χ3n) is 9.54. The Bertz CT molecular complexity index is 1630. The Balaban J connectivity index is 1.91. The molecule has 0 saturated carbocycles. The van der Waals surface area contributed by atoms with E-state index >= 15 is 0 Å². The Morgan fingerprint density at radius 1 is 0.959 bits per heavy atom. The molecule has 0 spiro atoms. The molecule has 2 unspecified atom stereocenters. The number of carbonyl (C=O) groups excluding carboxylic acids is 1. The highest BCUT2D eigenvalue weighted by molar-refractivity contribution is 7.19. The van der Waals surface area contributed by atoms with Gasteiger partial charge in [0.15, 0.2) is 11.0 Å². The number of rotatable bonds is 19. The van der Waals surface area contributed by atoms with Gasteiger partial charge in [-0.15, -0.1) is 5.10 Å². The molecule has 0 fully saturated rings. The minimum Gasteiger partial charge on any atom is -0.395 e. The molecule has 264 valence electrons. The maximum atomic E-state index is 13.4.